The number of nitrogens with one attached hydrogen (secondary N) is 1. The van der Waals surface area contributed by atoms with E-state index in [0.717, 1.165) is 19.0 Å². The molecule has 2 rings (SSSR count). The van der Waals surface area contributed by atoms with E-state index in [1.54, 1.807) is 0 Å². The Bertz CT molecular complexity index is 179. The second-order valence-electron chi connectivity index (χ2n) is 5.01. The second-order valence-corrected chi connectivity index (χ2v) is 5.01. The summed E-state index contributed by atoms with van der Waals surface area (Å²) in [4.78, 5) is 0. The van der Waals surface area contributed by atoms with Gasteiger partial charge in [0.05, 0.1) is 11.7 Å². The van der Waals surface area contributed by atoms with Crippen LogP contribution in [0.5, 0.6) is 0 Å². The minimum Gasteiger partial charge on any atom is -0.370 e. The number of rotatable bonds is 2. The van der Waals surface area contributed by atoms with Crippen LogP contribution in [0.1, 0.15) is 39.5 Å². The molecular weight excluding hydrogens is 162 g/mol. The average molecular weight is 183 g/mol. The molecule has 2 unspecified atom stereocenters. The lowest BCUT2D eigenvalue weighted by atomic mass is 9.77. The maximum Gasteiger partial charge on any atom is 0.0785 e. The van der Waals surface area contributed by atoms with Crippen molar-refractivity contribution in [3.8, 4) is 0 Å². The van der Waals surface area contributed by atoms with Gasteiger partial charge in [-0.2, -0.15) is 0 Å². The quantitative estimate of drug-likeness (QED) is 0.706. The van der Waals surface area contributed by atoms with Crippen LogP contribution in [0.25, 0.3) is 0 Å². The summed E-state index contributed by atoms with van der Waals surface area (Å²) in [5, 5.41) is 3.45. The van der Waals surface area contributed by atoms with Crippen molar-refractivity contribution >= 4 is 0 Å². The molecule has 0 aromatic rings. The Hall–Kier alpha value is -0.0800. The summed E-state index contributed by atoms with van der Waals surface area (Å²) in [5.74, 6) is 0.942. The smallest absolute Gasteiger partial charge is 0.0785 e. The zero-order valence-corrected chi connectivity index (χ0v) is 8.81. The van der Waals surface area contributed by atoms with E-state index < -0.39 is 0 Å². The Kier molecular flexibility index (Phi) is 2.61. The Labute approximate surface area is 81.0 Å². The van der Waals surface area contributed by atoms with Gasteiger partial charge >= 0.3 is 0 Å². The molecule has 13 heavy (non-hydrogen) atoms. The van der Waals surface area contributed by atoms with E-state index in [1.807, 2.05) is 0 Å². The maximum atomic E-state index is 6.02. The zero-order chi connectivity index (χ0) is 9.31. The van der Waals surface area contributed by atoms with Crippen LogP contribution >= 0.6 is 0 Å². The van der Waals surface area contributed by atoms with Crippen LogP contribution in [0.15, 0.2) is 0 Å². The first-order chi connectivity index (χ1) is 6.18. The van der Waals surface area contributed by atoms with Gasteiger partial charge in [0.25, 0.3) is 0 Å². The van der Waals surface area contributed by atoms with Crippen molar-refractivity contribution in [3.63, 3.8) is 0 Å². The summed E-state index contributed by atoms with van der Waals surface area (Å²) >= 11 is 0. The van der Waals surface area contributed by atoms with Gasteiger partial charge in [0.15, 0.2) is 0 Å². The predicted molar refractivity (Wildman–Crippen MR) is 53.8 cm³/mol. The molecule has 2 nitrogen and oxygen atoms in total. The van der Waals surface area contributed by atoms with E-state index >= 15 is 0 Å². The molecule has 1 N–H and O–H groups in total. The third-order valence-electron chi connectivity index (χ3n) is 3.36. The lowest BCUT2D eigenvalue weighted by molar-refractivity contribution is -0.113. The van der Waals surface area contributed by atoms with E-state index in [1.165, 1.54) is 25.7 Å². The first kappa shape index (κ1) is 9.47. The SMILES string of the molecule is CC1CNCC(C)(CC2CCC2)O1. The highest BCUT2D eigenvalue weighted by Crippen LogP contribution is 2.36. The van der Waals surface area contributed by atoms with Crippen molar-refractivity contribution in [1.82, 2.24) is 5.32 Å². The average Bonchev–Trinajstić information content (AvgIpc) is 1.97. The topological polar surface area (TPSA) is 21.3 Å². The summed E-state index contributed by atoms with van der Waals surface area (Å²) in [6.07, 6.45) is 5.92. The Morgan fingerprint density at radius 1 is 1.46 bits per heavy atom. The molecule has 0 bridgehead atoms. The zero-order valence-electron chi connectivity index (χ0n) is 8.81. The third-order valence-corrected chi connectivity index (χ3v) is 3.36. The first-order valence-corrected chi connectivity index (χ1v) is 5.56. The summed E-state index contributed by atoms with van der Waals surface area (Å²) in [7, 11) is 0. The summed E-state index contributed by atoms with van der Waals surface area (Å²) in [6, 6.07) is 0. The Balaban J connectivity index is 1.85. The van der Waals surface area contributed by atoms with Crippen molar-refractivity contribution in [1.29, 1.82) is 0 Å². The number of hydrogen-bond acceptors (Lipinski definition) is 2. The van der Waals surface area contributed by atoms with Gasteiger partial charge in [-0.3, -0.25) is 0 Å². The van der Waals surface area contributed by atoms with Crippen molar-refractivity contribution in [2.24, 2.45) is 5.92 Å². The molecule has 1 saturated heterocycles. The number of hydrogen-bond donors (Lipinski definition) is 1. The molecular formula is C11H21NO. The minimum atomic E-state index is 0.114. The van der Waals surface area contributed by atoms with Gasteiger partial charge in [0.1, 0.15) is 0 Å². The maximum absolute atomic E-state index is 6.02. The number of morpholine rings is 1. The molecule has 2 atom stereocenters. The van der Waals surface area contributed by atoms with Crippen LogP contribution in [0.3, 0.4) is 0 Å². The van der Waals surface area contributed by atoms with Crippen LogP contribution < -0.4 is 5.32 Å². The second kappa shape index (κ2) is 3.58. The molecule has 0 spiro atoms. The van der Waals surface area contributed by atoms with Gasteiger partial charge in [-0.15, -0.1) is 0 Å². The molecule has 0 aromatic carbocycles. The van der Waals surface area contributed by atoms with Crippen LogP contribution in [0, 0.1) is 5.92 Å². The largest absolute Gasteiger partial charge is 0.370 e. The molecule has 1 aliphatic heterocycles. The lowest BCUT2D eigenvalue weighted by Crippen LogP contribution is -2.52. The van der Waals surface area contributed by atoms with Gasteiger partial charge < -0.3 is 10.1 Å². The monoisotopic (exact) mass is 183 g/mol. The van der Waals surface area contributed by atoms with Gasteiger partial charge in [-0.25, -0.2) is 0 Å². The fourth-order valence-corrected chi connectivity index (χ4v) is 2.54. The van der Waals surface area contributed by atoms with E-state index in [-0.39, 0.29) is 5.60 Å². The van der Waals surface area contributed by atoms with Crippen molar-refractivity contribution in [2.75, 3.05) is 13.1 Å². The van der Waals surface area contributed by atoms with Crippen LogP contribution in [-0.4, -0.2) is 24.8 Å². The van der Waals surface area contributed by atoms with E-state index in [4.69, 9.17) is 4.74 Å². The summed E-state index contributed by atoms with van der Waals surface area (Å²) in [6.45, 7) is 6.47. The van der Waals surface area contributed by atoms with E-state index in [9.17, 15) is 0 Å². The van der Waals surface area contributed by atoms with Crippen molar-refractivity contribution in [2.45, 2.75) is 51.2 Å². The highest BCUT2D eigenvalue weighted by atomic mass is 16.5. The third kappa shape index (κ3) is 2.23. The Morgan fingerprint density at radius 3 is 2.77 bits per heavy atom. The standard InChI is InChI=1S/C11H21NO/c1-9-7-12-8-11(2,13-9)6-10-4-3-5-10/h9-10,12H,3-8H2,1-2H3. The van der Waals surface area contributed by atoms with E-state index in [2.05, 4.69) is 19.2 Å². The van der Waals surface area contributed by atoms with Crippen LogP contribution in [-0.2, 0) is 4.74 Å². The molecule has 2 heteroatoms. The lowest BCUT2D eigenvalue weighted by Gasteiger charge is -2.42. The molecule has 2 fully saturated rings. The Morgan fingerprint density at radius 2 is 2.23 bits per heavy atom. The predicted octanol–water partition coefficient (Wildman–Crippen LogP) is 1.94. The van der Waals surface area contributed by atoms with Gasteiger partial charge in [-0.1, -0.05) is 19.3 Å². The van der Waals surface area contributed by atoms with Crippen LogP contribution in [0.2, 0.25) is 0 Å². The van der Waals surface area contributed by atoms with E-state index in [0.29, 0.717) is 6.10 Å². The molecule has 1 saturated carbocycles. The number of ether oxygens (including phenoxy) is 1. The molecule has 0 aromatic heterocycles. The summed E-state index contributed by atoms with van der Waals surface area (Å²) < 4.78 is 6.02. The molecule has 0 amide bonds. The summed E-state index contributed by atoms with van der Waals surface area (Å²) in [5.41, 5.74) is 0.114. The van der Waals surface area contributed by atoms with Crippen molar-refractivity contribution in [3.05, 3.63) is 0 Å². The first-order valence-electron chi connectivity index (χ1n) is 5.56. The van der Waals surface area contributed by atoms with Gasteiger partial charge in [0, 0.05) is 13.1 Å². The van der Waals surface area contributed by atoms with Crippen molar-refractivity contribution < 1.29 is 4.74 Å². The fraction of sp³-hybridized carbons (Fsp3) is 1.00. The van der Waals surface area contributed by atoms with Gasteiger partial charge in [-0.05, 0) is 26.2 Å². The fourth-order valence-electron chi connectivity index (χ4n) is 2.54. The molecule has 2 aliphatic rings. The molecule has 76 valence electrons. The minimum absolute atomic E-state index is 0.114. The molecule has 1 heterocycles. The highest BCUT2D eigenvalue weighted by molar-refractivity contribution is 4.88. The van der Waals surface area contributed by atoms with Gasteiger partial charge in [0.2, 0.25) is 0 Å². The highest BCUT2D eigenvalue weighted by Gasteiger charge is 2.35. The molecule has 0 radical (unpaired) electrons. The molecule has 1 aliphatic carbocycles. The van der Waals surface area contributed by atoms with Crippen LogP contribution in [0.4, 0.5) is 0 Å². The normalized spacial score (nSPS) is 41.5.